The topological polar surface area (TPSA) is 88.4 Å². The van der Waals surface area contributed by atoms with Crippen LogP contribution in [0.15, 0.2) is 35.5 Å². The van der Waals surface area contributed by atoms with Crippen molar-refractivity contribution in [2.45, 2.75) is 17.9 Å². The van der Waals surface area contributed by atoms with E-state index < -0.39 is 10.0 Å². The number of hydrogen-bond donors (Lipinski definition) is 0. The Labute approximate surface area is 161 Å². The lowest BCUT2D eigenvalue weighted by atomic mass is 10.3. The first-order valence-corrected chi connectivity index (χ1v) is 10.2. The predicted molar refractivity (Wildman–Crippen MR) is 96.4 cm³/mol. The van der Waals surface area contributed by atoms with Gasteiger partial charge in [0.05, 0.1) is 22.8 Å². The maximum atomic E-state index is 12.8. The number of rotatable bonds is 5. The second kappa shape index (κ2) is 7.91. The van der Waals surface area contributed by atoms with Crippen LogP contribution in [-0.2, 0) is 21.4 Å². The zero-order valence-electron chi connectivity index (χ0n) is 13.8. The summed E-state index contributed by atoms with van der Waals surface area (Å²) in [6, 6.07) is 4.57. The van der Waals surface area contributed by atoms with Gasteiger partial charge in [-0.05, 0) is 12.1 Å². The monoisotopic (exact) mass is 417 g/mol. The molecule has 1 amide bonds. The molecule has 26 heavy (non-hydrogen) atoms. The highest BCUT2D eigenvalue weighted by Gasteiger charge is 2.32. The molecule has 1 aliphatic heterocycles. The molecule has 140 valence electrons. The number of halogens is 2. The van der Waals surface area contributed by atoms with Crippen molar-refractivity contribution in [1.82, 2.24) is 24.2 Å². The molecule has 11 heteroatoms. The molecule has 1 aromatic heterocycles. The van der Waals surface area contributed by atoms with Crippen LogP contribution in [-0.4, -0.2) is 64.7 Å². The lowest BCUT2D eigenvalue weighted by Crippen LogP contribution is -2.50. The van der Waals surface area contributed by atoms with Gasteiger partial charge in [-0.2, -0.15) is 4.31 Å². The van der Waals surface area contributed by atoms with E-state index in [4.69, 9.17) is 23.2 Å². The Bertz CT molecular complexity index is 860. The number of amides is 1. The second-order valence-electron chi connectivity index (χ2n) is 5.75. The largest absolute Gasteiger partial charge is 0.340 e. The molecule has 1 aliphatic rings. The maximum Gasteiger partial charge on any atom is 0.246 e. The molecule has 1 fully saturated rings. The minimum atomic E-state index is -3.81. The summed E-state index contributed by atoms with van der Waals surface area (Å²) in [5, 5.41) is 7.67. The van der Waals surface area contributed by atoms with E-state index in [1.54, 1.807) is 28.0 Å². The van der Waals surface area contributed by atoms with Gasteiger partial charge in [0.1, 0.15) is 4.90 Å². The minimum Gasteiger partial charge on any atom is -0.340 e. The number of aromatic nitrogens is 3. The van der Waals surface area contributed by atoms with Crippen molar-refractivity contribution in [2.24, 2.45) is 0 Å². The van der Waals surface area contributed by atoms with Gasteiger partial charge >= 0.3 is 0 Å². The van der Waals surface area contributed by atoms with Crippen molar-refractivity contribution in [3.05, 3.63) is 40.6 Å². The third-order valence-electron chi connectivity index (χ3n) is 4.13. The molecule has 0 atom stereocenters. The Morgan fingerprint density at radius 1 is 1.12 bits per heavy atom. The van der Waals surface area contributed by atoms with Gasteiger partial charge in [-0.3, -0.25) is 9.48 Å². The van der Waals surface area contributed by atoms with E-state index in [-0.39, 0.29) is 40.4 Å². The van der Waals surface area contributed by atoms with Crippen LogP contribution in [0.25, 0.3) is 0 Å². The summed E-state index contributed by atoms with van der Waals surface area (Å²) in [7, 11) is -3.81. The number of piperazine rings is 1. The van der Waals surface area contributed by atoms with E-state index in [0.717, 1.165) is 0 Å². The summed E-state index contributed by atoms with van der Waals surface area (Å²) in [6.07, 6.45) is 3.52. The van der Waals surface area contributed by atoms with E-state index >= 15 is 0 Å². The molecule has 8 nitrogen and oxygen atoms in total. The molecule has 2 aromatic rings. The fourth-order valence-electron chi connectivity index (χ4n) is 2.76. The van der Waals surface area contributed by atoms with Crippen LogP contribution in [0.4, 0.5) is 0 Å². The quantitative estimate of drug-likeness (QED) is 0.735. The minimum absolute atomic E-state index is 0.0478. The molecule has 0 unspecified atom stereocenters. The van der Waals surface area contributed by atoms with Crippen molar-refractivity contribution in [2.75, 3.05) is 26.2 Å². The fraction of sp³-hybridized carbons (Fsp3) is 0.400. The summed E-state index contributed by atoms with van der Waals surface area (Å²) < 4.78 is 28.5. The second-order valence-corrected chi connectivity index (χ2v) is 8.44. The zero-order chi connectivity index (χ0) is 18.7. The van der Waals surface area contributed by atoms with Gasteiger partial charge in [-0.1, -0.05) is 34.5 Å². The first-order chi connectivity index (χ1) is 12.4. The Hall–Kier alpha value is -1.68. The standard InChI is InChI=1S/C15H17Cl2N5O3S/c16-12-2-1-3-13(17)15(12)26(24,25)22-10-8-20(9-11-22)14(23)4-6-21-7-5-18-19-21/h1-3,5,7H,4,6,8-11H2. The summed E-state index contributed by atoms with van der Waals surface area (Å²) in [5.74, 6) is -0.0478. The highest BCUT2D eigenvalue weighted by molar-refractivity contribution is 7.89. The zero-order valence-corrected chi connectivity index (χ0v) is 16.1. The van der Waals surface area contributed by atoms with Crippen LogP contribution in [0.5, 0.6) is 0 Å². The number of carbonyl (C=O) groups is 1. The third-order valence-corrected chi connectivity index (χ3v) is 6.99. The summed E-state index contributed by atoms with van der Waals surface area (Å²) >= 11 is 12.1. The SMILES string of the molecule is O=C(CCn1ccnn1)N1CCN(S(=O)(=O)c2c(Cl)cccc2Cl)CC1. The van der Waals surface area contributed by atoms with Gasteiger partial charge in [0.25, 0.3) is 0 Å². The Kier molecular flexibility index (Phi) is 5.81. The van der Waals surface area contributed by atoms with Crippen molar-refractivity contribution in [1.29, 1.82) is 0 Å². The van der Waals surface area contributed by atoms with Gasteiger partial charge in [-0.25, -0.2) is 8.42 Å². The Balaban J connectivity index is 1.62. The molecule has 2 heterocycles. The highest BCUT2D eigenvalue weighted by atomic mass is 35.5. The lowest BCUT2D eigenvalue weighted by molar-refractivity contribution is -0.132. The van der Waals surface area contributed by atoms with Gasteiger partial charge in [0.15, 0.2) is 0 Å². The smallest absolute Gasteiger partial charge is 0.246 e. The van der Waals surface area contributed by atoms with Gasteiger partial charge in [0, 0.05) is 38.8 Å². The number of sulfonamides is 1. The average Bonchev–Trinajstić information content (AvgIpc) is 3.13. The first kappa shape index (κ1) is 19.1. The molecular formula is C15H17Cl2N5O3S. The number of aryl methyl sites for hydroxylation is 1. The van der Waals surface area contributed by atoms with Crippen LogP contribution in [0.1, 0.15) is 6.42 Å². The average molecular weight is 418 g/mol. The van der Waals surface area contributed by atoms with E-state index in [9.17, 15) is 13.2 Å². The molecular weight excluding hydrogens is 401 g/mol. The van der Waals surface area contributed by atoms with Crippen LogP contribution in [0.2, 0.25) is 10.0 Å². The van der Waals surface area contributed by atoms with Gasteiger partial charge in [0.2, 0.25) is 15.9 Å². The number of benzene rings is 1. The van der Waals surface area contributed by atoms with Gasteiger partial charge in [-0.15, -0.1) is 5.10 Å². The van der Waals surface area contributed by atoms with Gasteiger partial charge < -0.3 is 4.90 Å². The molecule has 0 bridgehead atoms. The fourth-order valence-corrected chi connectivity index (χ4v) is 5.27. The van der Waals surface area contributed by atoms with Crippen molar-refractivity contribution in [3.8, 4) is 0 Å². The van der Waals surface area contributed by atoms with Crippen LogP contribution < -0.4 is 0 Å². The van der Waals surface area contributed by atoms with Crippen LogP contribution in [0.3, 0.4) is 0 Å². The predicted octanol–water partition coefficient (Wildman–Crippen LogP) is 1.51. The molecule has 3 rings (SSSR count). The third kappa shape index (κ3) is 4.01. The summed E-state index contributed by atoms with van der Waals surface area (Å²) in [6.45, 7) is 1.46. The molecule has 0 N–H and O–H groups in total. The molecule has 0 spiro atoms. The summed E-state index contributed by atoms with van der Waals surface area (Å²) in [5.41, 5.74) is 0. The molecule has 1 saturated heterocycles. The molecule has 0 saturated carbocycles. The van der Waals surface area contributed by atoms with E-state index in [2.05, 4.69) is 10.3 Å². The van der Waals surface area contributed by atoms with E-state index in [1.165, 1.54) is 16.4 Å². The first-order valence-electron chi connectivity index (χ1n) is 7.95. The van der Waals surface area contributed by atoms with Crippen molar-refractivity contribution in [3.63, 3.8) is 0 Å². The summed E-state index contributed by atoms with van der Waals surface area (Å²) in [4.78, 5) is 13.8. The normalized spacial score (nSPS) is 16.0. The van der Waals surface area contributed by atoms with Crippen LogP contribution in [0, 0.1) is 0 Å². The van der Waals surface area contributed by atoms with E-state index in [1.807, 2.05) is 0 Å². The Morgan fingerprint density at radius 2 is 1.77 bits per heavy atom. The molecule has 0 radical (unpaired) electrons. The van der Waals surface area contributed by atoms with E-state index in [0.29, 0.717) is 19.6 Å². The van der Waals surface area contributed by atoms with Crippen molar-refractivity contribution >= 4 is 39.1 Å². The number of carbonyl (C=O) groups excluding carboxylic acids is 1. The maximum absolute atomic E-state index is 12.8. The van der Waals surface area contributed by atoms with Crippen molar-refractivity contribution < 1.29 is 13.2 Å². The molecule has 1 aromatic carbocycles. The lowest BCUT2D eigenvalue weighted by Gasteiger charge is -2.34. The van der Waals surface area contributed by atoms with Crippen LogP contribution >= 0.6 is 23.2 Å². The Morgan fingerprint density at radius 3 is 2.35 bits per heavy atom. The highest BCUT2D eigenvalue weighted by Crippen LogP contribution is 2.31. The number of nitrogens with zero attached hydrogens (tertiary/aromatic N) is 5. The molecule has 0 aliphatic carbocycles. The number of hydrogen-bond acceptors (Lipinski definition) is 5.